The van der Waals surface area contributed by atoms with Gasteiger partial charge in [-0.05, 0) is 42.2 Å². The molecule has 0 unspecified atom stereocenters. The Kier molecular flexibility index (Phi) is 7.45. The lowest BCUT2D eigenvalue weighted by Gasteiger charge is -2.20. The van der Waals surface area contributed by atoms with Gasteiger partial charge in [0, 0.05) is 13.6 Å². The van der Waals surface area contributed by atoms with E-state index in [4.69, 9.17) is 4.74 Å². The number of ether oxygens (including phenoxy) is 1. The van der Waals surface area contributed by atoms with E-state index in [0.29, 0.717) is 24.4 Å². The summed E-state index contributed by atoms with van der Waals surface area (Å²) in [5.74, 6) is 0.555. The minimum absolute atomic E-state index is 0.164. The number of carbonyl (C=O) groups is 1. The van der Waals surface area contributed by atoms with E-state index >= 15 is 0 Å². The van der Waals surface area contributed by atoms with E-state index in [9.17, 15) is 13.2 Å². The Morgan fingerprint density at radius 1 is 1.11 bits per heavy atom. The van der Waals surface area contributed by atoms with Crippen LogP contribution >= 0.6 is 0 Å². The molecular weight excluding hydrogens is 376 g/mol. The Morgan fingerprint density at radius 3 is 2.25 bits per heavy atom. The summed E-state index contributed by atoms with van der Waals surface area (Å²) in [5, 5.41) is 2.95. The molecule has 152 valence electrons. The number of hydrogen-bond donors (Lipinski definition) is 1. The molecule has 0 saturated carbocycles. The number of nitrogens with zero attached hydrogens (tertiary/aromatic N) is 1. The van der Waals surface area contributed by atoms with Gasteiger partial charge in [0.15, 0.2) is 6.10 Å². The molecule has 0 aliphatic carbocycles. The minimum atomic E-state index is -3.32. The van der Waals surface area contributed by atoms with Crippen molar-refractivity contribution < 1.29 is 17.9 Å². The van der Waals surface area contributed by atoms with Crippen LogP contribution in [-0.4, -0.2) is 40.3 Å². The average molecular weight is 405 g/mol. The van der Waals surface area contributed by atoms with Gasteiger partial charge in [-0.3, -0.25) is 9.10 Å². The molecule has 0 aliphatic rings. The van der Waals surface area contributed by atoms with Crippen molar-refractivity contribution in [3.8, 4) is 5.75 Å². The number of sulfonamides is 1. The number of carbonyl (C=O) groups excluding carboxylic acids is 1. The van der Waals surface area contributed by atoms with Crippen molar-refractivity contribution in [2.24, 2.45) is 0 Å². The van der Waals surface area contributed by atoms with Crippen LogP contribution in [0.5, 0.6) is 5.75 Å². The number of hydrogen-bond acceptors (Lipinski definition) is 4. The number of anilines is 1. The highest BCUT2D eigenvalue weighted by molar-refractivity contribution is 7.92. The van der Waals surface area contributed by atoms with Crippen LogP contribution in [0.15, 0.2) is 54.6 Å². The van der Waals surface area contributed by atoms with Gasteiger partial charge in [-0.2, -0.15) is 0 Å². The van der Waals surface area contributed by atoms with Gasteiger partial charge >= 0.3 is 0 Å². The average Bonchev–Trinajstić information content (AvgIpc) is 2.69. The Balaban J connectivity index is 1.95. The fourth-order valence-electron chi connectivity index (χ4n) is 2.68. The van der Waals surface area contributed by atoms with Crippen molar-refractivity contribution in [1.29, 1.82) is 0 Å². The standard InChI is InChI=1S/C21H28N2O4S/c1-5-20(21(24)22-15-16(2)17-9-7-6-8-10-17)27-19-13-11-18(12-14-19)23(3)28(4,25)26/h6-14,16,20H,5,15H2,1-4H3,(H,22,24)/t16-,20+/m1/s1. The van der Waals surface area contributed by atoms with Gasteiger partial charge in [-0.1, -0.05) is 44.2 Å². The lowest BCUT2D eigenvalue weighted by Crippen LogP contribution is -2.39. The van der Waals surface area contributed by atoms with Crippen LogP contribution in [0.4, 0.5) is 5.69 Å². The zero-order valence-electron chi connectivity index (χ0n) is 16.8. The van der Waals surface area contributed by atoms with Gasteiger partial charge in [-0.15, -0.1) is 0 Å². The maximum absolute atomic E-state index is 12.5. The fourth-order valence-corrected chi connectivity index (χ4v) is 3.18. The number of rotatable bonds is 9. The van der Waals surface area contributed by atoms with Crippen LogP contribution in [-0.2, 0) is 14.8 Å². The van der Waals surface area contributed by atoms with Crippen molar-refractivity contribution >= 4 is 21.6 Å². The first-order chi connectivity index (χ1) is 13.2. The Hall–Kier alpha value is -2.54. The summed E-state index contributed by atoms with van der Waals surface area (Å²) >= 11 is 0. The summed E-state index contributed by atoms with van der Waals surface area (Å²) in [6.07, 6.45) is 1.06. The maximum Gasteiger partial charge on any atom is 0.261 e. The smallest absolute Gasteiger partial charge is 0.261 e. The third-order valence-corrected chi connectivity index (χ3v) is 5.80. The highest BCUT2D eigenvalue weighted by atomic mass is 32.2. The van der Waals surface area contributed by atoms with Gasteiger partial charge < -0.3 is 10.1 Å². The van der Waals surface area contributed by atoms with Crippen LogP contribution in [0.25, 0.3) is 0 Å². The molecule has 1 amide bonds. The lowest BCUT2D eigenvalue weighted by atomic mass is 10.0. The van der Waals surface area contributed by atoms with Gasteiger partial charge in [0.1, 0.15) is 5.75 Å². The summed E-state index contributed by atoms with van der Waals surface area (Å²) in [5.41, 5.74) is 1.70. The summed E-state index contributed by atoms with van der Waals surface area (Å²) in [6.45, 7) is 4.48. The third kappa shape index (κ3) is 5.99. The highest BCUT2D eigenvalue weighted by Gasteiger charge is 2.19. The van der Waals surface area contributed by atoms with Crippen molar-refractivity contribution in [2.45, 2.75) is 32.3 Å². The summed E-state index contributed by atoms with van der Waals surface area (Å²) in [4.78, 5) is 12.5. The molecule has 6 nitrogen and oxygen atoms in total. The van der Waals surface area contributed by atoms with Crippen molar-refractivity contribution in [2.75, 3.05) is 24.2 Å². The molecule has 0 fully saturated rings. The molecule has 2 rings (SSSR count). The molecule has 2 aromatic rings. The molecule has 0 heterocycles. The van der Waals surface area contributed by atoms with Crippen molar-refractivity contribution in [3.05, 3.63) is 60.2 Å². The highest BCUT2D eigenvalue weighted by Crippen LogP contribution is 2.21. The van der Waals surface area contributed by atoms with E-state index in [1.165, 1.54) is 16.9 Å². The van der Waals surface area contributed by atoms with Gasteiger partial charge in [-0.25, -0.2) is 8.42 Å². The van der Waals surface area contributed by atoms with E-state index in [0.717, 1.165) is 6.26 Å². The normalized spacial score (nSPS) is 13.4. The Labute approximate surface area is 167 Å². The molecule has 0 spiro atoms. The summed E-state index contributed by atoms with van der Waals surface area (Å²) in [7, 11) is -1.83. The molecule has 7 heteroatoms. The minimum Gasteiger partial charge on any atom is -0.481 e. The molecule has 0 bridgehead atoms. The van der Waals surface area contributed by atoms with Crippen LogP contribution in [0.1, 0.15) is 31.7 Å². The van der Waals surface area contributed by atoms with Crippen LogP contribution < -0.4 is 14.4 Å². The number of benzene rings is 2. The first kappa shape index (κ1) is 21.8. The molecule has 28 heavy (non-hydrogen) atoms. The Morgan fingerprint density at radius 2 is 1.71 bits per heavy atom. The van der Waals surface area contributed by atoms with Gasteiger partial charge in [0.2, 0.25) is 10.0 Å². The Bertz CT molecular complexity index is 867. The predicted molar refractivity (Wildman–Crippen MR) is 112 cm³/mol. The molecule has 0 aromatic heterocycles. The fraction of sp³-hybridized carbons (Fsp3) is 0.381. The van der Waals surface area contributed by atoms with Crippen molar-refractivity contribution in [3.63, 3.8) is 0 Å². The zero-order valence-corrected chi connectivity index (χ0v) is 17.6. The summed E-state index contributed by atoms with van der Waals surface area (Å²) in [6, 6.07) is 16.6. The number of amides is 1. The molecule has 0 radical (unpaired) electrons. The monoisotopic (exact) mass is 404 g/mol. The van der Waals surface area contributed by atoms with Crippen LogP contribution in [0.2, 0.25) is 0 Å². The summed E-state index contributed by atoms with van der Waals surface area (Å²) < 4.78 is 30.2. The molecule has 2 aromatic carbocycles. The van der Waals surface area contributed by atoms with Crippen molar-refractivity contribution in [1.82, 2.24) is 5.32 Å². The van der Waals surface area contributed by atoms with Gasteiger partial charge in [0.25, 0.3) is 5.91 Å². The molecule has 0 aliphatic heterocycles. The predicted octanol–water partition coefficient (Wildman–Crippen LogP) is 3.16. The zero-order chi connectivity index (χ0) is 20.7. The van der Waals surface area contributed by atoms with E-state index in [1.807, 2.05) is 37.3 Å². The SMILES string of the molecule is CC[C@H](Oc1ccc(N(C)S(C)(=O)=O)cc1)C(=O)NC[C@@H](C)c1ccccc1. The quantitative estimate of drug-likeness (QED) is 0.697. The largest absolute Gasteiger partial charge is 0.481 e. The molecule has 0 saturated heterocycles. The molecular formula is C21H28N2O4S. The number of nitrogens with one attached hydrogen (secondary N) is 1. The second kappa shape index (κ2) is 9.59. The van der Waals surface area contributed by atoms with E-state index < -0.39 is 16.1 Å². The van der Waals surface area contributed by atoms with E-state index in [2.05, 4.69) is 12.2 Å². The first-order valence-electron chi connectivity index (χ1n) is 9.25. The lowest BCUT2D eigenvalue weighted by molar-refractivity contribution is -0.128. The van der Waals surface area contributed by atoms with Crippen LogP contribution in [0.3, 0.4) is 0 Å². The second-order valence-electron chi connectivity index (χ2n) is 6.80. The van der Waals surface area contributed by atoms with E-state index in [-0.39, 0.29) is 11.8 Å². The topological polar surface area (TPSA) is 75.7 Å². The molecule has 1 N–H and O–H groups in total. The maximum atomic E-state index is 12.5. The van der Waals surface area contributed by atoms with Gasteiger partial charge in [0.05, 0.1) is 11.9 Å². The second-order valence-corrected chi connectivity index (χ2v) is 8.81. The molecule has 2 atom stereocenters. The first-order valence-corrected chi connectivity index (χ1v) is 11.1. The third-order valence-electron chi connectivity index (χ3n) is 4.59. The van der Waals surface area contributed by atoms with Crippen LogP contribution in [0, 0.1) is 0 Å². The van der Waals surface area contributed by atoms with E-state index in [1.54, 1.807) is 24.3 Å².